The van der Waals surface area contributed by atoms with Crippen molar-refractivity contribution in [3.8, 4) is 34.6 Å². The molecule has 4 heteroatoms. The fourth-order valence-electron chi connectivity index (χ4n) is 2.71. The molecule has 0 radical (unpaired) electrons. The highest BCUT2D eigenvalue weighted by atomic mass is 32.2. The van der Waals surface area contributed by atoms with E-state index in [1.807, 2.05) is 60.7 Å². The van der Waals surface area contributed by atoms with Crippen LogP contribution in [0.15, 0.2) is 90.1 Å². The third-order valence-electron chi connectivity index (χ3n) is 4.12. The molecule has 134 valence electrons. The van der Waals surface area contributed by atoms with Crippen LogP contribution in [-0.2, 0) is 0 Å². The van der Waals surface area contributed by atoms with Gasteiger partial charge in [0.15, 0.2) is 0 Å². The quantitative estimate of drug-likeness (QED) is 0.356. The first-order valence-corrected chi connectivity index (χ1v) is 10.1. The molecular weight excluding hydrogens is 362 g/mol. The van der Waals surface area contributed by atoms with Crippen molar-refractivity contribution in [2.24, 2.45) is 0 Å². The number of hydrogen-bond donors (Lipinski definition) is 0. The van der Waals surface area contributed by atoms with Gasteiger partial charge in [0, 0.05) is 28.4 Å². The normalized spacial score (nSPS) is 10.2. The van der Waals surface area contributed by atoms with E-state index in [0.717, 1.165) is 33.9 Å². The van der Waals surface area contributed by atoms with Crippen LogP contribution >= 0.6 is 11.8 Å². The number of benzene rings is 1. The molecule has 0 aliphatic rings. The molecule has 0 N–H and O–H groups in total. The van der Waals surface area contributed by atoms with Gasteiger partial charge >= 0.3 is 0 Å². The van der Waals surface area contributed by atoms with Crippen molar-refractivity contribution in [2.75, 3.05) is 6.26 Å². The summed E-state index contributed by atoms with van der Waals surface area (Å²) >= 11 is 1.72. The number of hydrogen-bond acceptors (Lipinski definition) is 4. The Morgan fingerprint density at radius 1 is 0.643 bits per heavy atom. The number of thioether (sulfide) groups is 1. The molecule has 0 unspecified atom stereocenters. The van der Waals surface area contributed by atoms with Crippen molar-refractivity contribution in [3.63, 3.8) is 0 Å². The lowest BCUT2D eigenvalue weighted by Gasteiger charge is -2.05. The molecule has 0 saturated carbocycles. The Morgan fingerprint density at radius 3 is 1.71 bits per heavy atom. The maximum atomic E-state index is 4.76. The molecule has 0 aliphatic heterocycles. The van der Waals surface area contributed by atoms with E-state index in [1.165, 1.54) is 4.90 Å². The highest BCUT2D eigenvalue weighted by Gasteiger charge is 2.07. The number of rotatable bonds is 3. The zero-order chi connectivity index (χ0) is 19.2. The Hall–Kier alpha value is -3.42. The maximum absolute atomic E-state index is 4.76. The van der Waals surface area contributed by atoms with E-state index in [0.29, 0.717) is 0 Å². The molecule has 0 amide bonds. The SMILES string of the molecule is CSc1ccc(C#Cc2cc(-c3ccccn3)nc(-c3ccccn3)c2)cc1. The molecular formula is C24H17N3S. The van der Waals surface area contributed by atoms with Gasteiger partial charge in [0.2, 0.25) is 0 Å². The smallest absolute Gasteiger partial charge is 0.0906 e. The highest BCUT2D eigenvalue weighted by molar-refractivity contribution is 7.98. The fourth-order valence-corrected chi connectivity index (χ4v) is 3.12. The summed E-state index contributed by atoms with van der Waals surface area (Å²) < 4.78 is 0. The van der Waals surface area contributed by atoms with Crippen molar-refractivity contribution in [1.29, 1.82) is 0 Å². The van der Waals surface area contributed by atoms with Gasteiger partial charge in [0.05, 0.1) is 22.8 Å². The second-order valence-electron chi connectivity index (χ2n) is 6.03. The summed E-state index contributed by atoms with van der Waals surface area (Å²) in [6, 6.07) is 23.8. The lowest BCUT2D eigenvalue weighted by molar-refractivity contribution is 1.21. The van der Waals surface area contributed by atoms with Crippen molar-refractivity contribution in [2.45, 2.75) is 4.90 Å². The van der Waals surface area contributed by atoms with Crippen LogP contribution in [0.5, 0.6) is 0 Å². The molecule has 0 aliphatic carbocycles. The first-order chi connectivity index (χ1) is 13.8. The van der Waals surface area contributed by atoms with Gasteiger partial charge in [0.25, 0.3) is 0 Å². The molecule has 1 aromatic carbocycles. The Labute approximate surface area is 168 Å². The van der Waals surface area contributed by atoms with Gasteiger partial charge in [-0.15, -0.1) is 11.8 Å². The maximum Gasteiger partial charge on any atom is 0.0906 e. The minimum Gasteiger partial charge on any atom is -0.255 e. The monoisotopic (exact) mass is 379 g/mol. The van der Waals surface area contributed by atoms with Gasteiger partial charge in [-0.2, -0.15) is 0 Å². The largest absolute Gasteiger partial charge is 0.255 e. The number of nitrogens with zero attached hydrogens (tertiary/aromatic N) is 3. The van der Waals surface area contributed by atoms with Crippen molar-refractivity contribution in [1.82, 2.24) is 15.0 Å². The van der Waals surface area contributed by atoms with Crippen molar-refractivity contribution < 1.29 is 0 Å². The molecule has 0 saturated heterocycles. The zero-order valence-electron chi connectivity index (χ0n) is 15.3. The average molecular weight is 379 g/mol. The standard InChI is InChI=1S/C24H17N3S/c1-28-20-12-10-18(11-13-20)8-9-19-16-23(21-6-2-4-14-25-21)27-24(17-19)22-7-3-5-15-26-22/h2-7,10-17H,1H3. The van der Waals surface area contributed by atoms with Crippen LogP contribution in [0.25, 0.3) is 22.8 Å². The van der Waals surface area contributed by atoms with Crippen LogP contribution in [0.1, 0.15) is 11.1 Å². The number of pyridine rings is 3. The Morgan fingerprint density at radius 2 is 1.21 bits per heavy atom. The zero-order valence-corrected chi connectivity index (χ0v) is 16.1. The van der Waals surface area contributed by atoms with E-state index in [9.17, 15) is 0 Å². The lowest BCUT2D eigenvalue weighted by Crippen LogP contribution is -1.93. The summed E-state index contributed by atoms with van der Waals surface area (Å²) in [6.45, 7) is 0. The van der Waals surface area contributed by atoms with Crippen LogP contribution in [0.3, 0.4) is 0 Å². The first-order valence-electron chi connectivity index (χ1n) is 8.83. The van der Waals surface area contributed by atoms with Gasteiger partial charge in [0.1, 0.15) is 0 Å². The summed E-state index contributed by atoms with van der Waals surface area (Å²) in [6.07, 6.45) is 5.60. The van der Waals surface area contributed by atoms with E-state index in [-0.39, 0.29) is 0 Å². The second-order valence-corrected chi connectivity index (χ2v) is 6.91. The van der Waals surface area contributed by atoms with Gasteiger partial charge in [-0.05, 0) is 66.9 Å². The van der Waals surface area contributed by atoms with Crippen LogP contribution in [-0.4, -0.2) is 21.2 Å². The van der Waals surface area contributed by atoms with Crippen molar-refractivity contribution in [3.05, 3.63) is 96.3 Å². The van der Waals surface area contributed by atoms with Gasteiger partial charge < -0.3 is 0 Å². The van der Waals surface area contributed by atoms with E-state index in [2.05, 4.69) is 40.2 Å². The molecule has 0 bridgehead atoms. The second kappa shape index (κ2) is 8.51. The van der Waals surface area contributed by atoms with E-state index in [1.54, 1.807) is 24.2 Å². The van der Waals surface area contributed by atoms with Gasteiger partial charge in [-0.25, -0.2) is 4.98 Å². The van der Waals surface area contributed by atoms with Gasteiger partial charge in [-0.1, -0.05) is 24.0 Å². The minimum atomic E-state index is 0.783. The van der Waals surface area contributed by atoms with E-state index < -0.39 is 0 Å². The molecule has 4 aromatic rings. The van der Waals surface area contributed by atoms with Crippen LogP contribution in [0.4, 0.5) is 0 Å². The summed E-state index contributed by atoms with van der Waals surface area (Å²) in [5, 5.41) is 0. The molecule has 4 rings (SSSR count). The predicted molar refractivity (Wildman–Crippen MR) is 115 cm³/mol. The summed E-state index contributed by atoms with van der Waals surface area (Å²) in [4.78, 5) is 14.8. The first kappa shape index (κ1) is 18.0. The molecule has 0 atom stereocenters. The third kappa shape index (κ3) is 4.28. The van der Waals surface area contributed by atoms with Crippen LogP contribution < -0.4 is 0 Å². The third-order valence-corrected chi connectivity index (χ3v) is 4.86. The number of aromatic nitrogens is 3. The highest BCUT2D eigenvalue weighted by Crippen LogP contribution is 2.22. The van der Waals surface area contributed by atoms with Crippen molar-refractivity contribution >= 4 is 11.8 Å². The molecule has 3 nitrogen and oxygen atoms in total. The van der Waals surface area contributed by atoms with E-state index >= 15 is 0 Å². The molecule has 0 fully saturated rings. The summed E-state index contributed by atoms with van der Waals surface area (Å²) in [5.41, 5.74) is 5.05. The van der Waals surface area contributed by atoms with Gasteiger partial charge in [-0.3, -0.25) is 9.97 Å². The molecule has 3 aromatic heterocycles. The molecule has 0 spiro atoms. The van der Waals surface area contributed by atoms with Crippen LogP contribution in [0.2, 0.25) is 0 Å². The van der Waals surface area contributed by atoms with E-state index in [4.69, 9.17) is 4.98 Å². The average Bonchev–Trinajstić information content (AvgIpc) is 2.79. The van der Waals surface area contributed by atoms with Crippen LogP contribution in [0, 0.1) is 11.8 Å². The Kier molecular flexibility index (Phi) is 5.46. The topological polar surface area (TPSA) is 38.7 Å². The minimum absolute atomic E-state index is 0.783. The fraction of sp³-hybridized carbons (Fsp3) is 0.0417. The Bertz CT molecular complexity index is 1070. The molecule has 3 heterocycles. The summed E-state index contributed by atoms with van der Waals surface area (Å²) in [7, 11) is 0. The molecule has 28 heavy (non-hydrogen) atoms. The Balaban J connectivity index is 1.77. The lowest BCUT2D eigenvalue weighted by atomic mass is 10.1. The summed E-state index contributed by atoms with van der Waals surface area (Å²) in [5.74, 6) is 6.51. The predicted octanol–water partition coefficient (Wildman–Crippen LogP) is 5.33.